The highest BCUT2D eigenvalue weighted by molar-refractivity contribution is 5.82. The molecule has 1 aliphatic rings. The number of carbonyl (C=O) groups excluding carboxylic acids is 2. The van der Waals surface area contributed by atoms with Crippen molar-refractivity contribution >= 4 is 22.8 Å². The van der Waals surface area contributed by atoms with Crippen LogP contribution in [-0.4, -0.2) is 27.0 Å². The first kappa shape index (κ1) is 15.3. The third kappa shape index (κ3) is 2.74. The van der Waals surface area contributed by atoms with Crippen molar-refractivity contribution in [3.8, 4) is 0 Å². The van der Waals surface area contributed by atoms with Gasteiger partial charge in [-0.1, -0.05) is 18.6 Å². The number of primary amides is 1. The maximum atomic E-state index is 12.3. The van der Waals surface area contributed by atoms with E-state index in [1.165, 1.54) is 9.13 Å². The minimum Gasteiger partial charge on any atom is -0.369 e. The van der Waals surface area contributed by atoms with Gasteiger partial charge >= 0.3 is 5.69 Å². The largest absolute Gasteiger partial charge is 0.369 e. The van der Waals surface area contributed by atoms with E-state index >= 15 is 0 Å². The zero-order valence-electron chi connectivity index (χ0n) is 13.0. The van der Waals surface area contributed by atoms with Crippen molar-refractivity contribution in [2.45, 2.75) is 31.8 Å². The van der Waals surface area contributed by atoms with Gasteiger partial charge in [0.25, 0.3) is 0 Å². The fourth-order valence-corrected chi connectivity index (χ4v) is 3.39. The molecule has 1 aromatic carbocycles. The highest BCUT2D eigenvalue weighted by Gasteiger charge is 2.32. The predicted octanol–water partition coefficient (Wildman–Crippen LogP) is 0.110. The molecule has 2 atom stereocenters. The number of aryl methyl sites for hydroxylation is 1. The second-order valence-corrected chi connectivity index (χ2v) is 6.03. The lowest BCUT2D eigenvalue weighted by Gasteiger charge is -2.18. The molecule has 2 amide bonds. The van der Waals surface area contributed by atoms with E-state index in [4.69, 9.17) is 5.73 Å². The van der Waals surface area contributed by atoms with Gasteiger partial charge < -0.3 is 11.1 Å². The Hall–Kier alpha value is -2.57. The average Bonchev–Trinajstić information content (AvgIpc) is 3.07. The number of nitrogens with two attached hydrogens (primary N) is 1. The Morgan fingerprint density at radius 3 is 2.65 bits per heavy atom. The fourth-order valence-electron chi connectivity index (χ4n) is 3.39. The number of benzene rings is 1. The van der Waals surface area contributed by atoms with E-state index in [0.29, 0.717) is 11.9 Å². The highest BCUT2D eigenvalue weighted by Crippen LogP contribution is 2.25. The first-order valence-electron chi connectivity index (χ1n) is 7.72. The van der Waals surface area contributed by atoms with Crippen molar-refractivity contribution in [1.29, 1.82) is 0 Å². The smallest absolute Gasteiger partial charge is 0.329 e. The molecule has 0 saturated heterocycles. The SMILES string of the molecule is Cn1c(=O)n(CC(=O)NC2CCCC2C(N)=O)c2ccccc21. The third-order valence-electron chi connectivity index (χ3n) is 4.58. The lowest BCUT2D eigenvalue weighted by Crippen LogP contribution is -2.44. The maximum Gasteiger partial charge on any atom is 0.329 e. The first-order valence-corrected chi connectivity index (χ1v) is 7.72. The Kier molecular flexibility index (Phi) is 3.94. The van der Waals surface area contributed by atoms with Gasteiger partial charge in [0, 0.05) is 13.1 Å². The number of hydrogen-bond acceptors (Lipinski definition) is 3. The summed E-state index contributed by atoms with van der Waals surface area (Å²) in [5.74, 6) is -0.972. The quantitative estimate of drug-likeness (QED) is 0.837. The zero-order valence-corrected chi connectivity index (χ0v) is 13.0. The Morgan fingerprint density at radius 1 is 1.26 bits per heavy atom. The molecule has 1 heterocycles. The molecule has 0 aliphatic heterocycles. The Bertz CT molecular complexity index is 820. The lowest BCUT2D eigenvalue weighted by atomic mass is 10.0. The van der Waals surface area contributed by atoms with E-state index < -0.39 is 0 Å². The number of para-hydroxylation sites is 2. The van der Waals surface area contributed by atoms with Crippen molar-refractivity contribution in [1.82, 2.24) is 14.5 Å². The summed E-state index contributed by atoms with van der Waals surface area (Å²) in [7, 11) is 1.68. The van der Waals surface area contributed by atoms with Crippen LogP contribution in [0.2, 0.25) is 0 Å². The van der Waals surface area contributed by atoms with Crippen molar-refractivity contribution in [3.63, 3.8) is 0 Å². The van der Waals surface area contributed by atoms with E-state index in [2.05, 4.69) is 5.32 Å². The van der Waals surface area contributed by atoms with Gasteiger partial charge in [0.2, 0.25) is 11.8 Å². The minimum absolute atomic E-state index is 0.0673. The van der Waals surface area contributed by atoms with E-state index in [9.17, 15) is 14.4 Å². The van der Waals surface area contributed by atoms with Gasteiger partial charge in [-0.05, 0) is 25.0 Å². The van der Waals surface area contributed by atoms with Gasteiger partial charge in [0.1, 0.15) is 6.54 Å². The number of amides is 2. The van der Waals surface area contributed by atoms with Gasteiger partial charge in [0.15, 0.2) is 0 Å². The number of nitrogens with zero attached hydrogens (tertiary/aromatic N) is 2. The summed E-state index contributed by atoms with van der Waals surface area (Å²) in [4.78, 5) is 36.0. The topological polar surface area (TPSA) is 99.1 Å². The average molecular weight is 316 g/mol. The summed E-state index contributed by atoms with van der Waals surface area (Å²) >= 11 is 0. The van der Waals surface area contributed by atoms with Crippen molar-refractivity contribution in [2.75, 3.05) is 0 Å². The molecular formula is C16H20N4O3. The van der Waals surface area contributed by atoms with Gasteiger partial charge in [-0.2, -0.15) is 0 Å². The number of rotatable bonds is 4. The van der Waals surface area contributed by atoms with Crippen LogP contribution in [0.1, 0.15) is 19.3 Å². The first-order chi connectivity index (χ1) is 11.0. The molecular weight excluding hydrogens is 296 g/mol. The number of fused-ring (bicyclic) bond motifs is 1. The van der Waals surface area contributed by atoms with Crippen LogP contribution in [0.4, 0.5) is 0 Å². The molecule has 3 N–H and O–H groups in total. The molecule has 0 spiro atoms. The van der Waals surface area contributed by atoms with Crippen LogP contribution in [-0.2, 0) is 23.2 Å². The van der Waals surface area contributed by atoms with E-state index in [-0.39, 0.29) is 36.0 Å². The van der Waals surface area contributed by atoms with Crippen molar-refractivity contribution in [2.24, 2.45) is 18.7 Å². The molecule has 1 fully saturated rings. The molecule has 23 heavy (non-hydrogen) atoms. The Morgan fingerprint density at radius 2 is 1.96 bits per heavy atom. The van der Waals surface area contributed by atoms with E-state index in [0.717, 1.165) is 18.4 Å². The monoisotopic (exact) mass is 316 g/mol. The number of hydrogen-bond donors (Lipinski definition) is 2. The summed E-state index contributed by atoms with van der Waals surface area (Å²) in [5.41, 5.74) is 6.63. The van der Waals surface area contributed by atoms with Crippen molar-refractivity contribution in [3.05, 3.63) is 34.7 Å². The molecule has 7 nitrogen and oxygen atoms in total. The zero-order chi connectivity index (χ0) is 16.6. The molecule has 1 saturated carbocycles. The molecule has 7 heteroatoms. The van der Waals surface area contributed by atoms with Gasteiger partial charge in [-0.3, -0.25) is 18.7 Å². The number of carbonyl (C=O) groups is 2. The molecule has 2 aromatic rings. The third-order valence-corrected chi connectivity index (χ3v) is 4.58. The second kappa shape index (κ2) is 5.91. The van der Waals surface area contributed by atoms with Gasteiger partial charge in [-0.15, -0.1) is 0 Å². The van der Waals surface area contributed by atoms with Crippen LogP contribution in [0, 0.1) is 5.92 Å². The minimum atomic E-state index is -0.380. The molecule has 2 unspecified atom stereocenters. The van der Waals surface area contributed by atoms with E-state index in [1.54, 1.807) is 7.05 Å². The Balaban J connectivity index is 1.80. The van der Waals surface area contributed by atoms with E-state index in [1.807, 2.05) is 24.3 Å². The summed E-state index contributed by atoms with van der Waals surface area (Å²) in [6.45, 7) is -0.0673. The molecule has 1 aliphatic carbocycles. The summed E-state index contributed by atoms with van der Waals surface area (Å²) < 4.78 is 2.96. The normalized spacial score (nSPS) is 20.7. The van der Waals surface area contributed by atoms with Crippen LogP contribution >= 0.6 is 0 Å². The van der Waals surface area contributed by atoms with Gasteiger partial charge in [-0.25, -0.2) is 4.79 Å². The number of aromatic nitrogens is 2. The van der Waals surface area contributed by atoms with Gasteiger partial charge in [0.05, 0.1) is 17.0 Å². The summed E-state index contributed by atoms with van der Waals surface area (Å²) in [6.07, 6.45) is 2.31. The predicted molar refractivity (Wildman–Crippen MR) is 85.6 cm³/mol. The molecule has 0 radical (unpaired) electrons. The molecule has 3 rings (SSSR count). The summed E-state index contributed by atoms with van der Waals surface area (Å²) in [6, 6.07) is 7.10. The molecule has 1 aromatic heterocycles. The molecule has 0 bridgehead atoms. The number of imidazole rings is 1. The highest BCUT2D eigenvalue weighted by atomic mass is 16.2. The van der Waals surface area contributed by atoms with Crippen LogP contribution in [0.3, 0.4) is 0 Å². The van der Waals surface area contributed by atoms with Crippen LogP contribution in [0.15, 0.2) is 29.1 Å². The second-order valence-electron chi connectivity index (χ2n) is 6.03. The molecule has 122 valence electrons. The lowest BCUT2D eigenvalue weighted by molar-refractivity contribution is -0.124. The van der Waals surface area contributed by atoms with Crippen LogP contribution in [0.25, 0.3) is 11.0 Å². The summed E-state index contributed by atoms with van der Waals surface area (Å²) in [5, 5.41) is 2.85. The maximum absolute atomic E-state index is 12.3. The van der Waals surface area contributed by atoms with Crippen LogP contribution in [0.5, 0.6) is 0 Å². The standard InChI is InChI=1S/C16H20N4O3/c1-19-12-7-2-3-8-13(12)20(16(19)23)9-14(21)18-11-6-4-5-10(11)15(17)22/h2-3,7-8,10-11H,4-6,9H2,1H3,(H2,17,22)(H,18,21). The fraction of sp³-hybridized carbons (Fsp3) is 0.438. The van der Waals surface area contributed by atoms with Crippen LogP contribution < -0.4 is 16.7 Å². The Labute approximate surface area is 133 Å². The number of nitrogens with one attached hydrogen (secondary N) is 1. The van der Waals surface area contributed by atoms with Crippen molar-refractivity contribution < 1.29 is 9.59 Å².